The summed E-state index contributed by atoms with van der Waals surface area (Å²) < 4.78 is 0. The highest BCUT2D eigenvalue weighted by Gasteiger charge is 2.35. The fourth-order valence-corrected chi connectivity index (χ4v) is 2.60. The summed E-state index contributed by atoms with van der Waals surface area (Å²) in [7, 11) is 0. The van der Waals surface area contributed by atoms with Crippen molar-refractivity contribution in [3.05, 3.63) is 0 Å². The van der Waals surface area contributed by atoms with E-state index in [0.717, 1.165) is 12.5 Å². The molecular weight excluding hydrogens is 176 g/mol. The molecule has 1 aliphatic carbocycles. The molecule has 3 saturated heterocycles. The molecule has 0 spiro atoms. The lowest BCUT2D eigenvalue weighted by Crippen LogP contribution is -2.51. The minimum absolute atomic E-state index is 0.394. The van der Waals surface area contributed by atoms with Gasteiger partial charge in [-0.05, 0) is 45.2 Å². The Labute approximate surface area is 85.1 Å². The summed E-state index contributed by atoms with van der Waals surface area (Å²) in [6.45, 7) is 3.67. The molecule has 2 bridgehead atoms. The lowest BCUT2D eigenvalue weighted by atomic mass is 9.86. The maximum absolute atomic E-state index is 5.67. The van der Waals surface area contributed by atoms with Crippen LogP contribution in [0.15, 0.2) is 5.16 Å². The topological polar surface area (TPSA) is 24.8 Å². The molecule has 1 atom stereocenters. The monoisotopic (exact) mass is 194 g/mol. The van der Waals surface area contributed by atoms with Gasteiger partial charge in [-0.25, -0.2) is 0 Å². The zero-order valence-corrected chi connectivity index (χ0v) is 8.61. The fraction of sp³-hybridized carbons (Fsp3) is 0.909. The van der Waals surface area contributed by atoms with Crippen LogP contribution < -0.4 is 0 Å². The smallest absolute Gasteiger partial charge is 0.143 e. The molecule has 0 aromatic heterocycles. The average Bonchev–Trinajstić information content (AvgIpc) is 2.17. The molecular formula is C11H18N2O. The summed E-state index contributed by atoms with van der Waals surface area (Å²) in [5.74, 6) is 0.782. The predicted octanol–water partition coefficient (Wildman–Crippen LogP) is 1.64. The number of fused-ring (bicyclic) bond motifs is 3. The van der Waals surface area contributed by atoms with Crippen molar-refractivity contribution in [2.75, 3.05) is 19.6 Å². The van der Waals surface area contributed by atoms with Crippen molar-refractivity contribution in [2.45, 2.75) is 38.2 Å². The summed E-state index contributed by atoms with van der Waals surface area (Å²) in [4.78, 5) is 8.17. The van der Waals surface area contributed by atoms with Crippen molar-refractivity contribution in [3.8, 4) is 0 Å². The molecule has 0 unspecified atom stereocenters. The molecule has 1 saturated carbocycles. The van der Waals surface area contributed by atoms with E-state index in [1.54, 1.807) is 0 Å². The molecule has 3 heteroatoms. The molecule has 0 radical (unpaired) electrons. The van der Waals surface area contributed by atoms with Crippen LogP contribution in [0.3, 0.4) is 0 Å². The lowest BCUT2D eigenvalue weighted by Gasteiger charge is -2.43. The number of rotatable bonds is 2. The Kier molecular flexibility index (Phi) is 2.20. The zero-order valence-electron chi connectivity index (χ0n) is 8.61. The molecule has 4 rings (SSSR count). The number of oxime groups is 1. The second-order valence-electron chi connectivity index (χ2n) is 4.79. The van der Waals surface area contributed by atoms with Crippen LogP contribution in [0.5, 0.6) is 0 Å². The molecule has 4 aliphatic rings. The van der Waals surface area contributed by atoms with Crippen LogP contribution in [-0.4, -0.2) is 36.3 Å². The molecule has 78 valence electrons. The Hall–Kier alpha value is -0.570. The van der Waals surface area contributed by atoms with Crippen LogP contribution in [0, 0.1) is 5.92 Å². The Bertz CT molecular complexity index is 238. The van der Waals surface area contributed by atoms with Crippen LogP contribution in [0.1, 0.15) is 32.1 Å². The molecule has 0 amide bonds. The van der Waals surface area contributed by atoms with Gasteiger partial charge in [-0.15, -0.1) is 0 Å². The van der Waals surface area contributed by atoms with E-state index in [0.29, 0.717) is 6.10 Å². The van der Waals surface area contributed by atoms with Gasteiger partial charge in [-0.2, -0.15) is 0 Å². The number of hydrogen-bond acceptors (Lipinski definition) is 3. The first-order valence-electron chi connectivity index (χ1n) is 5.86. The Morgan fingerprint density at radius 2 is 2.00 bits per heavy atom. The highest BCUT2D eigenvalue weighted by atomic mass is 16.6. The first kappa shape index (κ1) is 8.72. The van der Waals surface area contributed by atoms with Crippen LogP contribution in [0.4, 0.5) is 0 Å². The molecule has 3 nitrogen and oxygen atoms in total. The van der Waals surface area contributed by atoms with Gasteiger partial charge in [0.05, 0.1) is 5.71 Å². The third-order valence-corrected chi connectivity index (χ3v) is 3.84. The highest BCUT2D eigenvalue weighted by Crippen LogP contribution is 2.30. The minimum atomic E-state index is 0.394. The molecule has 0 aromatic carbocycles. The van der Waals surface area contributed by atoms with E-state index in [1.807, 2.05) is 0 Å². The van der Waals surface area contributed by atoms with Gasteiger partial charge in [0.2, 0.25) is 0 Å². The van der Waals surface area contributed by atoms with Crippen LogP contribution in [0.2, 0.25) is 0 Å². The van der Waals surface area contributed by atoms with E-state index in [-0.39, 0.29) is 0 Å². The van der Waals surface area contributed by atoms with Crippen molar-refractivity contribution in [1.82, 2.24) is 4.90 Å². The van der Waals surface area contributed by atoms with Crippen LogP contribution in [0.25, 0.3) is 0 Å². The molecule has 3 aliphatic heterocycles. The Morgan fingerprint density at radius 3 is 2.50 bits per heavy atom. The maximum atomic E-state index is 5.67. The average molecular weight is 194 g/mol. The Morgan fingerprint density at radius 1 is 1.21 bits per heavy atom. The second-order valence-corrected chi connectivity index (χ2v) is 4.79. The maximum Gasteiger partial charge on any atom is 0.143 e. The van der Waals surface area contributed by atoms with E-state index in [2.05, 4.69) is 10.1 Å². The van der Waals surface area contributed by atoms with Gasteiger partial charge in [-0.3, -0.25) is 4.90 Å². The van der Waals surface area contributed by atoms with Gasteiger partial charge >= 0.3 is 0 Å². The molecule has 0 aromatic rings. The molecule has 4 fully saturated rings. The van der Waals surface area contributed by atoms with Crippen molar-refractivity contribution in [2.24, 2.45) is 11.1 Å². The SMILES string of the molecule is C1CC(=NO[C@@H]2CN3CCC2CC3)C1. The van der Waals surface area contributed by atoms with E-state index in [1.165, 1.54) is 50.9 Å². The van der Waals surface area contributed by atoms with Gasteiger partial charge in [0.25, 0.3) is 0 Å². The van der Waals surface area contributed by atoms with E-state index < -0.39 is 0 Å². The molecule has 14 heavy (non-hydrogen) atoms. The summed E-state index contributed by atoms with van der Waals surface area (Å²) in [6.07, 6.45) is 6.67. The van der Waals surface area contributed by atoms with Gasteiger partial charge in [0, 0.05) is 12.5 Å². The van der Waals surface area contributed by atoms with Crippen molar-refractivity contribution in [3.63, 3.8) is 0 Å². The largest absolute Gasteiger partial charge is 0.391 e. The van der Waals surface area contributed by atoms with Crippen molar-refractivity contribution >= 4 is 5.71 Å². The molecule has 3 heterocycles. The third kappa shape index (κ3) is 1.54. The standard InChI is InChI=1S/C11H18N2O/c1-2-10(3-1)12-14-11-8-13-6-4-9(11)5-7-13/h9,11H,1-8H2/t11-/m1/s1. The van der Waals surface area contributed by atoms with Gasteiger partial charge in [0.15, 0.2) is 0 Å². The van der Waals surface area contributed by atoms with Gasteiger partial charge in [0.1, 0.15) is 6.10 Å². The summed E-state index contributed by atoms with van der Waals surface area (Å²) in [5, 5.41) is 4.26. The highest BCUT2D eigenvalue weighted by molar-refractivity contribution is 5.88. The predicted molar refractivity (Wildman–Crippen MR) is 55.3 cm³/mol. The third-order valence-electron chi connectivity index (χ3n) is 3.84. The van der Waals surface area contributed by atoms with Gasteiger partial charge < -0.3 is 4.84 Å². The summed E-state index contributed by atoms with van der Waals surface area (Å²) in [5.41, 5.74) is 1.28. The summed E-state index contributed by atoms with van der Waals surface area (Å²) >= 11 is 0. The Balaban J connectivity index is 1.57. The second kappa shape index (κ2) is 3.54. The lowest BCUT2D eigenvalue weighted by molar-refractivity contribution is -0.0687. The summed E-state index contributed by atoms with van der Waals surface area (Å²) in [6, 6.07) is 0. The van der Waals surface area contributed by atoms with Crippen molar-refractivity contribution in [1.29, 1.82) is 0 Å². The number of piperidine rings is 3. The number of nitrogens with zero attached hydrogens (tertiary/aromatic N) is 2. The fourth-order valence-electron chi connectivity index (χ4n) is 2.60. The quantitative estimate of drug-likeness (QED) is 0.624. The first-order chi connectivity index (χ1) is 6.92. The first-order valence-corrected chi connectivity index (χ1v) is 5.86. The van der Waals surface area contributed by atoms with Crippen LogP contribution >= 0.6 is 0 Å². The van der Waals surface area contributed by atoms with Crippen molar-refractivity contribution < 1.29 is 4.84 Å². The minimum Gasteiger partial charge on any atom is -0.391 e. The molecule has 0 N–H and O–H groups in total. The van der Waals surface area contributed by atoms with E-state index in [4.69, 9.17) is 4.84 Å². The normalized spacial score (nSPS) is 40.6. The van der Waals surface area contributed by atoms with Crippen LogP contribution in [-0.2, 0) is 4.84 Å². The van der Waals surface area contributed by atoms with E-state index >= 15 is 0 Å². The van der Waals surface area contributed by atoms with E-state index in [9.17, 15) is 0 Å². The van der Waals surface area contributed by atoms with Gasteiger partial charge in [-0.1, -0.05) is 5.16 Å². The zero-order chi connectivity index (χ0) is 9.38. The number of hydrogen-bond donors (Lipinski definition) is 0.